The fourth-order valence-electron chi connectivity index (χ4n) is 2.00. The van der Waals surface area contributed by atoms with Gasteiger partial charge in [-0.2, -0.15) is 0 Å². The quantitative estimate of drug-likeness (QED) is 0.893. The monoisotopic (exact) mass is 243 g/mol. The van der Waals surface area contributed by atoms with Crippen LogP contribution in [-0.4, -0.2) is 12.2 Å². The highest BCUT2D eigenvalue weighted by atomic mass is 16.5. The van der Waals surface area contributed by atoms with E-state index in [2.05, 4.69) is 30.3 Å². The van der Waals surface area contributed by atoms with Gasteiger partial charge in [0, 0.05) is 0 Å². The molecule has 0 radical (unpaired) electrons. The Morgan fingerprint density at radius 1 is 1.06 bits per heavy atom. The zero-order valence-corrected chi connectivity index (χ0v) is 11.3. The third-order valence-corrected chi connectivity index (χ3v) is 2.92. The van der Waals surface area contributed by atoms with Crippen molar-refractivity contribution in [2.45, 2.75) is 32.4 Å². The fraction of sp³-hybridized carbons (Fsp3) is 0.375. The molecule has 0 saturated heterocycles. The van der Waals surface area contributed by atoms with Gasteiger partial charge in [0.25, 0.3) is 0 Å². The predicted molar refractivity (Wildman–Crippen MR) is 76.6 cm³/mol. The molecule has 0 fully saturated rings. The maximum Gasteiger partial charge on any atom is 0.0666 e. The van der Waals surface area contributed by atoms with Crippen LogP contribution in [0.3, 0.4) is 0 Å². The largest absolute Gasteiger partial charge is 0.374 e. The van der Waals surface area contributed by atoms with E-state index in [-0.39, 0.29) is 11.6 Å². The standard InChI is InChI=1S/C16H21NO/c1-16(2,3)18-11-15(17)14-10-6-8-12-7-4-5-9-13(12)14/h4-10,15H,11,17H2,1-3H3. The summed E-state index contributed by atoms with van der Waals surface area (Å²) in [5.74, 6) is 0. The minimum Gasteiger partial charge on any atom is -0.374 e. The first-order valence-electron chi connectivity index (χ1n) is 6.34. The first kappa shape index (κ1) is 13.1. The molecular weight excluding hydrogens is 222 g/mol. The molecule has 2 nitrogen and oxygen atoms in total. The lowest BCUT2D eigenvalue weighted by Gasteiger charge is -2.23. The van der Waals surface area contributed by atoms with Crippen molar-refractivity contribution in [3.8, 4) is 0 Å². The molecule has 0 bridgehead atoms. The van der Waals surface area contributed by atoms with E-state index in [9.17, 15) is 0 Å². The molecule has 0 amide bonds. The second kappa shape index (κ2) is 5.09. The number of ether oxygens (including phenoxy) is 1. The summed E-state index contributed by atoms with van der Waals surface area (Å²) in [6.07, 6.45) is 0. The number of benzene rings is 2. The maximum atomic E-state index is 6.24. The lowest BCUT2D eigenvalue weighted by atomic mass is 9.99. The predicted octanol–water partition coefficient (Wildman–Crippen LogP) is 3.65. The first-order valence-corrected chi connectivity index (χ1v) is 6.34. The van der Waals surface area contributed by atoms with E-state index in [1.165, 1.54) is 10.8 Å². The number of nitrogens with two attached hydrogens (primary N) is 1. The van der Waals surface area contributed by atoms with Gasteiger partial charge >= 0.3 is 0 Å². The van der Waals surface area contributed by atoms with Gasteiger partial charge in [-0.05, 0) is 37.1 Å². The lowest BCUT2D eigenvalue weighted by molar-refractivity contribution is -0.0101. The van der Waals surface area contributed by atoms with E-state index in [0.717, 1.165) is 5.56 Å². The topological polar surface area (TPSA) is 35.2 Å². The Hall–Kier alpha value is -1.38. The summed E-state index contributed by atoms with van der Waals surface area (Å²) < 4.78 is 5.77. The van der Waals surface area contributed by atoms with Crippen LogP contribution in [0.15, 0.2) is 42.5 Å². The summed E-state index contributed by atoms with van der Waals surface area (Å²) in [6.45, 7) is 6.67. The number of rotatable bonds is 3. The van der Waals surface area contributed by atoms with Crippen molar-refractivity contribution < 1.29 is 4.74 Å². The molecule has 2 aromatic rings. The summed E-state index contributed by atoms with van der Waals surface area (Å²) in [6, 6.07) is 14.5. The van der Waals surface area contributed by atoms with E-state index in [0.29, 0.717) is 6.61 Å². The molecule has 2 rings (SSSR count). The van der Waals surface area contributed by atoms with Crippen molar-refractivity contribution in [1.29, 1.82) is 0 Å². The van der Waals surface area contributed by atoms with Crippen LogP contribution >= 0.6 is 0 Å². The van der Waals surface area contributed by atoms with Crippen LogP contribution in [0.4, 0.5) is 0 Å². The van der Waals surface area contributed by atoms with Crippen LogP contribution in [0, 0.1) is 0 Å². The lowest BCUT2D eigenvalue weighted by Crippen LogP contribution is -2.26. The van der Waals surface area contributed by atoms with Gasteiger partial charge in [0.15, 0.2) is 0 Å². The first-order chi connectivity index (χ1) is 8.47. The van der Waals surface area contributed by atoms with E-state index in [1.807, 2.05) is 32.9 Å². The number of hydrogen-bond donors (Lipinski definition) is 1. The molecule has 0 aliphatic carbocycles. The van der Waals surface area contributed by atoms with E-state index in [1.54, 1.807) is 0 Å². The van der Waals surface area contributed by atoms with Gasteiger partial charge in [-0.15, -0.1) is 0 Å². The smallest absolute Gasteiger partial charge is 0.0666 e. The van der Waals surface area contributed by atoms with Gasteiger partial charge in [0.05, 0.1) is 18.2 Å². The summed E-state index contributed by atoms with van der Waals surface area (Å²) in [5.41, 5.74) is 7.24. The zero-order valence-electron chi connectivity index (χ0n) is 11.3. The second-order valence-corrected chi connectivity index (χ2v) is 5.60. The van der Waals surface area contributed by atoms with Crippen LogP contribution in [0.1, 0.15) is 32.4 Å². The molecule has 0 saturated carbocycles. The molecule has 1 atom stereocenters. The molecule has 0 heterocycles. The third kappa shape index (κ3) is 3.09. The Bertz CT molecular complexity index is 523. The highest BCUT2D eigenvalue weighted by molar-refractivity contribution is 5.86. The van der Waals surface area contributed by atoms with Crippen LogP contribution in [0.2, 0.25) is 0 Å². The molecule has 0 aromatic heterocycles. The second-order valence-electron chi connectivity index (χ2n) is 5.60. The number of fused-ring (bicyclic) bond motifs is 1. The Balaban J connectivity index is 2.25. The zero-order chi connectivity index (χ0) is 13.2. The van der Waals surface area contributed by atoms with Crippen molar-refractivity contribution in [3.05, 3.63) is 48.0 Å². The highest BCUT2D eigenvalue weighted by Gasteiger charge is 2.15. The normalized spacial score (nSPS) is 13.8. The molecule has 0 aliphatic heterocycles. The molecule has 18 heavy (non-hydrogen) atoms. The maximum absolute atomic E-state index is 6.24. The third-order valence-electron chi connectivity index (χ3n) is 2.92. The Labute approximate surface area is 109 Å². The minimum absolute atomic E-state index is 0.0877. The molecule has 1 unspecified atom stereocenters. The molecule has 0 aliphatic rings. The van der Waals surface area contributed by atoms with Gasteiger partial charge in [0.1, 0.15) is 0 Å². The van der Waals surface area contributed by atoms with Gasteiger partial charge in [-0.1, -0.05) is 42.5 Å². The molecule has 2 N–H and O–H groups in total. The Morgan fingerprint density at radius 3 is 2.44 bits per heavy atom. The molecule has 2 aromatic carbocycles. The summed E-state index contributed by atoms with van der Waals surface area (Å²) in [7, 11) is 0. The van der Waals surface area contributed by atoms with E-state index < -0.39 is 0 Å². The van der Waals surface area contributed by atoms with Gasteiger partial charge in [-0.3, -0.25) is 0 Å². The SMILES string of the molecule is CC(C)(C)OCC(N)c1cccc2ccccc12. The van der Waals surface area contributed by atoms with Crippen molar-refractivity contribution in [2.24, 2.45) is 5.73 Å². The number of hydrogen-bond acceptors (Lipinski definition) is 2. The fourth-order valence-corrected chi connectivity index (χ4v) is 2.00. The van der Waals surface area contributed by atoms with Crippen molar-refractivity contribution >= 4 is 10.8 Å². The van der Waals surface area contributed by atoms with Crippen LogP contribution in [0.5, 0.6) is 0 Å². The average molecular weight is 243 g/mol. The molecule has 2 heteroatoms. The van der Waals surface area contributed by atoms with Crippen molar-refractivity contribution in [3.63, 3.8) is 0 Å². The molecule has 0 spiro atoms. The van der Waals surface area contributed by atoms with E-state index in [4.69, 9.17) is 10.5 Å². The molecule has 96 valence electrons. The summed E-state index contributed by atoms with van der Waals surface area (Å²) in [4.78, 5) is 0. The average Bonchev–Trinajstić information content (AvgIpc) is 2.34. The summed E-state index contributed by atoms with van der Waals surface area (Å²) >= 11 is 0. The van der Waals surface area contributed by atoms with Gasteiger partial charge in [0.2, 0.25) is 0 Å². The van der Waals surface area contributed by atoms with Crippen LogP contribution in [-0.2, 0) is 4.74 Å². The van der Waals surface area contributed by atoms with E-state index >= 15 is 0 Å². The highest BCUT2D eigenvalue weighted by Crippen LogP contribution is 2.24. The van der Waals surface area contributed by atoms with Gasteiger partial charge in [-0.25, -0.2) is 0 Å². The molecular formula is C16H21NO. The Morgan fingerprint density at radius 2 is 1.72 bits per heavy atom. The van der Waals surface area contributed by atoms with Crippen LogP contribution < -0.4 is 5.73 Å². The van der Waals surface area contributed by atoms with Crippen molar-refractivity contribution in [1.82, 2.24) is 0 Å². The summed E-state index contributed by atoms with van der Waals surface area (Å²) in [5, 5.41) is 2.44. The van der Waals surface area contributed by atoms with Crippen molar-refractivity contribution in [2.75, 3.05) is 6.61 Å². The van der Waals surface area contributed by atoms with Crippen LogP contribution in [0.25, 0.3) is 10.8 Å². The minimum atomic E-state index is -0.151. The van der Waals surface area contributed by atoms with Gasteiger partial charge < -0.3 is 10.5 Å². The Kier molecular flexibility index (Phi) is 3.69.